The maximum atomic E-state index is 13.9. The van der Waals surface area contributed by atoms with Crippen molar-refractivity contribution in [3.05, 3.63) is 23.8 Å². The van der Waals surface area contributed by atoms with Crippen LogP contribution in [0.15, 0.2) is 18.2 Å². The van der Waals surface area contributed by atoms with Gasteiger partial charge in [-0.3, -0.25) is 0 Å². The monoisotopic (exact) mass is 285 g/mol. The van der Waals surface area contributed by atoms with Gasteiger partial charge >= 0.3 is 5.97 Å². The van der Waals surface area contributed by atoms with Crippen molar-refractivity contribution in [1.82, 2.24) is 0 Å². The van der Waals surface area contributed by atoms with Crippen molar-refractivity contribution in [3.8, 4) is 11.5 Å². The summed E-state index contributed by atoms with van der Waals surface area (Å²) in [6.07, 6.45) is -1.92. The number of esters is 1. The van der Waals surface area contributed by atoms with Gasteiger partial charge in [-0.1, -0.05) is 6.07 Å². The summed E-state index contributed by atoms with van der Waals surface area (Å²) in [6, 6.07) is 3.68. The summed E-state index contributed by atoms with van der Waals surface area (Å²) in [7, 11) is 1.48. The number of carbonyl (C=O) groups is 1. The molecule has 112 valence electrons. The number of carbonyl (C=O) groups excluding carboxylic acids is 1. The lowest BCUT2D eigenvalue weighted by Gasteiger charge is -2.17. The second-order valence-corrected chi connectivity index (χ2v) is 4.02. The van der Waals surface area contributed by atoms with Gasteiger partial charge in [0, 0.05) is 0 Å². The standard InChI is InChI=1S/C14H20FNO4/c1-4-19-10-7-6-9(8-11(10)18-3)13(16)12(15)14(17)20-5-2/h6-8,12-13H,4-5,16H2,1-3H3/t12?,13-/m1/s1. The summed E-state index contributed by atoms with van der Waals surface area (Å²) in [5, 5.41) is 0. The van der Waals surface area contributed by atoms with E-state index < -0.39 is 18.2 Å². The van der Waals surface area contributed by atoms with Crippen LogP contribution in [-0.4, -0.2) is 32.5 Å². The van der Waals surface area contributed by atoms with Gasteiger partial charge in [0.25, 0.3) is 0 Å². The SMILES string of the molecule is CCOC(=O)C(F)[C@H](N)c1ccc(OCC)c(OC)c1. The van der Waals surface area contributed by atoms with Crippen LogP contribution in [0.25, 0.3) is 0 Å². The van der Waals surface area contributed by atoms with Crippen molar-refractivity contribution >= 4 is 5.97 Å². The van der Waals surface area contributed by atoms with E-state index in [9.17, 15) is 9.18 Å². The topological polar surface area (TPSA) is 70.8 Å². The summed E-state index contributed by atoms with van der Waals surface area (Å²) in [5.74, 6) is 0.0150. The van der Waals surface area contributed by atoms with E-state index in [4.69, 9.17) is 15.2 Å². The van der Waals surface area contributed by atoms with E-state index in [2.05, 4.69) is 4.74 Å². The van der Waals surface area contributed by atoms with Crippen LogP contribution in [0.2, 0.25) is 0 Å². The molecule has 0 aromatic heterocycles. The Hall–Kier alpha value is -1.82. The largest absolute Gasteiger partial charge is 0.493 e. The molecule has 1 rings (SSSR count). The molecular weight excluding hydrogens is 265 g/mol. The fourth-order valence-corrected chi connectivity index (χ4v) is 1.70. The average Bonchev–Trinajstić information content (AvgIpc) is 2.46. The maximum Gasteiger partial charge on any atom is 0.342 e. The molecule has 0 spiro atoms. The Morgan fingerprint density at radius 2 is 2.00 bits per heavy atom. The number of benzene rings is 1. The molecule has 0 aliphatic heterocycles. The normalized spacial score (nSPS) is 13.4. The van der Waals surface area contributed by atoms with Gasteiger partial charge in [0.05, 0.1) is 26.4 Å². The molecule has 0 aliphatic carbocycles. The third-order valence-corrected chi connectivity index (χ3v) is 2.70. The minimum atomic E-state index is -1.92. The predicted octanol–water partition coefficient (Wildman–Crippen LogP) is 1.99. The van der Waals surface area contributed by atoms with Crippen LogP contribution in [-0.2, 0) is 9.53 Å². The molecule has 0 bridgehead atoms. The minimum absolute atomic E-state index is 0.110. The number of hydrogen-bond donors (Lipinski definition) is 1. The zero-order valence-electron chi connectivity index (χ0n) is 11.9. The molecule has 0 saturated carbocycles. The third-order valence-electron chi connectivity index (χ3n) is 2.70. The molecule has 1 aromatic carbocycles. The van der Waals surface area contributed by atoms with Crippen LogP contribution in [0.4, 0.5) is 4.39 Å². The van der Waals surface area contributed by atoms with Gasteiger partial charge in [-0.2, -0.15) is 0 Å². The second-order valence-electron chi connectivity index (χ2n) is 4.02. The first kappa shape index (κ1) is 16.2. The van der Waals surface area contributed by atoms with Crippen molar-refractivity contribution in [1.29, 1.82) is 0 Å². The summed E-state index contributed by atoms with van der Waals surface area (Å²) >= 11 is 0. The summed E-state index contributed by atoms with van der Waals surface area (Å²) in [6.45, 7) is 4.04. The van der Waals surface area contributed by atoms with Crippen LogP contribution >= 0.6 is 0 Å². The summed E-state index contributed by atoms with van der Waals surface area (Å²) in [5.41, 5.74) is 6.18. The Kier molecular flexibility index (Phi) is 6.24. The zero-order valence-corrected chi connectivity index (χ0v) is 11.9. The molecule has 1 aromatic rings. The van der Waals surface area contributed by atoms with Crippen molar-refractivity contribution in [3.63, 3.8) is 0 Å². The Morgan fingerprint density at radius 3 is 2.55 bits per heavy atom. The highest BCUT2D eigenvalue weighted by atomic mass is 19.1. The second kappa shape index (κ2) is 7.69. The predicted molar refractivity (Wildman–Crippen MR) is 72.6 cm³/mol. The van der Waals surface area contributed by atoms with Gasteiger partial charge in [0.1, 0.15) is 0 Å². The van der Waals surface area contributed by atoms with E-state index in [-0.39, 0.29) is 6.61 Å². The van der Waals surface area contributed by atoms with Crippen molar-refractivity contribution in [2.24, 2.45) is 5.73 Å². The molecule has 0 aliphatic rings. The molecule has 1 unspecified atom stereocenters. The maximum absolute atomic E-state index is 13.9. The van der Waals surface area contributed by atoms with Crippen molar-refractivity contribution in [2.75, 3.05) is 20.3 Å². The fourth-order valence-electron chi connectivity index (χ4n) is 1.70. The molecule has 2 atom stereocenters. The van der Waals surface area contributed by atoms with E-state index in [0.717, 1.165) is 0 Å². The molecule has 2 N–H and O–H groups in total. The molecule has 0 radical (unpaired) electrons. The molecule has 6 heteroatoms. The van der Waals surface area contributed by atoms with Crippen LogP contribution in [0.1, 0.15) is 25.5 Å². The highest BCUT2D eigenvalue weighted by Gasteiger charge is 2.28. The Bertz CT molecular complexity index is 453. The van der Waals surface area contributed by atoms with Gasteiger partial charge in [-0.05, 0) is 31.5 Å². The Morgan fingerprint density at radius 1 is 1.30 bits per heavy atom. The number of rotatable bonds is 7. The average molecular weight is 285 g/mol. The van der Waals surface area contributed by atoms with E-state index in [0.29, 0.717) is 23.7 Å². The number of hydrogen-bond acceptors (Lipinski definition) is 5. The first-order valence-corrected chi connectivity index (χ1v) is 6.42. The lowest BCUT2D eigenvalue weighted by atomic mass is 10.0. The van der Waals surface area contributed by atoms with E-state index in [1.807, 2.05) is 6.92 Å². The van der Waals surface area contributed by atoms with E-state index in [1.54, 1.807) is 25.1 Å². The summed E-state index contributed by atoms with van der Waals surface area (Å²) < 4.78 is 29.0. The fraction of sp³-hybridized carbons (Fsp3) is 0.500. The minimum Gasteiger partial charge on any atom is -0.493 e. The molecule has 5 nitrogen and oxygen atoms in total. The molecule has 0 fully saturated rings. The molecular formula is C14H20FNO4. The Labute approximate surface area is 117 Å². The van der Waals surface area contributed by atoms with Crippen LogP contribution < -0.4 is 15.2 Å². The number of halogens is 1. The number of ether oxygens (including phenoxy) is 3. The third kappa shape index (κ3) is 3.84. The molecule has 0 heterocycles. The van der Waals surface area contributed by atoms with Gasteiger partial charge in [0.2, 0.25) is 6.17 Å². The molecule has 20 heavy (non-hydrogen) atoms. The Balaban J connectivity index is 2.93. The lowest BCUT2D eigenvalue weighted by molar-refractivity contribution is -0.149. The molecule has 0 saturated heterocycles. The number of alkyl halides is 1. The zero-order chi connectivity index (χ0) is 15.1. The van der Waals surface area contributed by atoms with Crippen LogP contribution in [0.3, 0.4) is 0 Å². The first-order chi connectivity index (χ1) is 9.54. The molecule has 0 amide bonds. The highest BCUT2D eigenvalue weighted by Crippen LogP contribution is 2.31. The summed E-state index contributed by atoms with van der Waals surface area (Å²) in [4.78, 5) is 11.3. The van der Waals surface area contributed by atoms with Crippen LogP contribution in [0, 0.1) is 0 Å². The van der Waals surface area contributed by atoms with Crippen molar-refractivity contribution < 1.29 is 23.4 Å². The highest BCUT2D eigenvalue weighted by molar-refractivity contribution is 5.75. The van der Waals surface area contributed by atoms with Gasteiger partial charge in [0.15, 0.2) is 11.5 Å². The van der Waals surface area contributed by atoms with Gasteiger partial charge < -0.3 is 19.9 Å². The van der Waals surface area contributed by atoms with Crippen LogP contribution in [0.5, 0.6) is 11.5 Å². The number of methoxy groups -OCH3 is 1. The number of nitrogens with two attached hydrogens (primary N) is 1. The smallest absolute Gasteiger partial charge is 0.342 e. The van der Waals surface area contributed by atoms with E-state index >= 15 is 0 Å². The van der Waals surface area contributed by atoms with Gasteiger partial charge in [-0.15, -0.1) is 0 Å². The van der Waals surface area contributed by atoms with Crippen molar-refractivity contribution in [2.45, 2.75) is 26.1 Å². The first-order valence-electron chi connectivity index (χ1n) is 6.42. The quantitative estimate of drug-likeness (QED) is 0.776. The lowest BCUT2D eigenvalue weighted by Crippen LogP contribution is -2.31. The van der Waals surface area contributed by atoms with Gasteiger partial charge in [-0.25, -0.2) is 9.18 Å². The van der Waals surface area contributed by atoms with E-state index in [1.165, 1.54) is 7.11 Å².